The minimum absolute atomic E-state index is 0.0810. The highest BCUT2D eigenvalue weighted by molar-refractivity contribution is 5.87. The molecule has 3 aromatic carbocycles. The number of benzene rings is 3. The van der Waals surface area contributed by atoms with Gasteiger partial charge in [-0.15, -0.1) is 0 Å². The predicted molar refractivity (Wildman–Crippen MR) is 111 cm³/mol. The van der Waals surface area contributed by atoms with Crippen molar-refractivity contribution in [2.75, 3.05) is 0 Å². The number of nitrogens with zero attached hydrogens (tertiary/aromatic N) is 3. The van der Waals surface area contributed by atoms with E-state index in [0.29, 0.717) is 17.2 Å². The van der Waals surface area contributed by atoms with Crippen LogP contribution in [0.25, 0.3) is 22.6 Å². The Morgan fingerprint density at radius 1 is 1.14 bits per heavy atom. The molecule has 0 unspecified atom stereocenters. The van der Waals surface area contributed by atoms with Crippen LogP contribution in [-0.2, 0) is 0 Å². The van der Waals surface area contributed by atoms with Crippen LogP contribution in [0.5, 0.6) is 5.75 Å². The van der Waals surface area contributed by atoms with E-state index in [1.54, 1.807) is 0 Å². The molecular formula is C22H17N3O4. The van der Waals surface area contributed by atoms with E-state index in [-0.39, 0.29) is 17.0 Å². The topological polar surface area (TPSA) is 102 Å². The lowest BCUT2D eigenvalue weighted by Gasteiger charge is -2.05. The number of fused-ring (bicyclic) bond motifs is 1. The van der Waals surface area contributed by atoms with Crippen LogP contribution >= 0.6 is 0 Å². The van der Waals surface area contributed by atoms with Crippen LogP contribution in [0.1, 0.15) is 16.7 Å². The van der Waals surface area contributed by atoms with E-state index in [9.17, 15) is 15.2 Å². The highest BCUT2D eigenvalue weighted by atomic mass is 16.6. The highest BCUT2D eigenvalue weighted by Crippen LogP contribution is 2.32. The van der Waals surface area contributed by atoms with Crippen molar-refractivity contribution in [2.24, 2.45) is 4.99 Å². The molecule has 1 heterocycles. The zero-order valence-electron chi connectivity index (χ0n) is 15.8. The predicted octanol–water partition coefficient (Wildman–Crippen LogP) is 5.48. The van der Waals surface area contributed by atoms with Crippen molar-refractivity contribution in [2.45, 2.75) is 13.8 Å². The first-order chi connectivity index (χ1) is 13.9. The third-order valence-corrected chi connectivity index (χ3v) is 4.64. The van der Waals surface area contributed by atoms with E-state index in [0.717, 1.165) is 22.2 Å². The van der Waals surface area contributed by atoms with E-state index >= 15 is 0 Å². The van der Waals surface area contributed by atoms with Crippen molar-refractivity contribution in [3.05, 3.63) is 81.4 Å². The second-order valence-corrected chi connectivity index (χ2v) is 6.70. The van der Waals surface area contributed by atoms with E-state index < -0.39 is 4.92 Å². The summed E-state index contributed by atoms with van der Waals surface area (Å²) in [5.41, 5.74) is 5.04. The quantitative estimate of drug-likeness (QED) is 0.284. The van der Waals surface area contributed by atoms with Crippen molar-refractivity contribution in [3.63, 3.8) is 0 Å². The molecule has 7 nitrogen and oxygen atoms in total. The number of hydrogen-bond acceptors (Lipinski definition) is 6. The lowest BCUT2D eigenvalue weighted by molar-refractivity contribution is -0.384. The van der Waals surface area contributed by atoms with Gasteiger partial charge in [-0.3, -0.25) is 15.1 Å². The average Bonchev–Trinajstić information content (AvgIpc) is 3.11. The third kappa shape index (κ3) is 3.58. The van der Waals surface area contributed by atoms with Gasteiger partial charge in [-0.25, -0.2) is 4.98 Å². The smallest absolute Gasteiger partial charge is 0.270 e. The molecule has 1 N–H and O–H groups in total. The molecule has 29 heavy (non-hydrogen) atoms. The van der Waals surface area contributed by atoms with Gasteiger partial charge in [-0.1, -0.05) is 12.1 Å². The summed E-state index contributed by atoms with van der Waals surface area (Å²) >= 11 is 0. The third-order valence-electron chi connectivity index (χ3n) is 4.64. The van der Waals surface area contributed by atoms with E-state index in [1.807, 2.05) is 50.2 Å². The molecule has 0 fully saturated rings. The summed E-state index contributed by atoms with van der Waals surface area (Å²) in [6, 6.07) is 15.2. The second-order valence-electron chi connectivity index (χ2n) is 6.70. The molecule has 0 aliphatic carbocycles. The maximum Gasteiger partial charge on any atom is 0.270 e. The van der Waals surface area contributed by atoms with Gasteiger partial charge in [0.15, 0.2) is 5.58 Å². The molecular weight excluding hydrogens is 370 g/mol. The van der Waals surface area contributed by atoms with Crippen molar-refractivity contribution in [3.8, 4) is 17.2 Å². The van der Waals surface area contributed by atoms with Gasteiger partial charge in [0.2, 0.25) is 5.89 Å². The van der Waals surface area contributed by atoms with E-state index in [4.69, 9.17) is 4.42 Å². The van der Waals surface area contributed by atoms with Crippen LogP contribution in [0.2, 0.25) is 0 Å². The molecule has 0 radical (unpaired) electrons. The van der Waals surface area contributed by atoms with Crippen LogP contribution in [0.4, 0.5) is 11.4 Å². The van der Waals surface area contributed by atoms with Crippen LogP contribution in [0.15, 0.2) is 64.0 Å². The molecule has 0 amide bonds. The minimum Gasteiger partial charge on any atom is -0.507 e. The Morgan fingerprint density at radius 2 is 1.97 bits per heavy atom. The van der Waals surface area contributed by atoms with Crippen molar-refractivity contribution in [1.82, 2.24) is 4.98 Å². The molecule has 144 valence electrons. The average molecular weight is 387 g/mol. The van der Waals surface area contributed by atoms with Crippen LogP contribution < -0.4 is 0 Å². The summed E-state index contributed by atoms with van der Waals surface area (Å²) in [4.78, 5) is 19.4. The maximum atomic E-state index is 11.0. The van der Waals surface area contributed by atoms with Gasteiger partial charge in [0.1, 0.15) is 11.3 Å². The SMILES string of the molecule is Cc1ccc2oc(-c3cccc(N=Cc4cc([N+](=O)[O-])ccc4O)c3C)nc2c1. The Morgan fingerprint density at radius 3 is 2.76 bits per heavy atom. The standard InChI is InChI=1S/C22H17N3O4/c1-13-6-9-21-19(10-13)24-22(29-21)17-4-3-5-18(14(17)2)23-12-15-11-16(25(27)28)7-8-20(15)26/h3-12,26H,1-2H3. The van der Waals surface area contributed by atoms with Gasteiger partial charge >= 0.3 is 0 Å². The fourth-order valence-electron chi connectivity index (χ4n) is 3.05. The summed E-state index contributed by atoms with van der Waals surface area (Å²) in [7, 11) is 0. The normalized spacial score (nSPS) is 11.4. The molecule has 4 rings (SSSR count). The first-order valence-electron chi connectivity index (χ1n) is 8.91. The Hall–Kier alpha value is -4.00. The number of nitro groups is 1. The molecule has 0 aliphatic rings. The monoisotopic (exact) mass is 387 g/mol. The highest BCUT2D eigenvalue weighted by Gasteiger charge is 2.13. The van der Waals surface area contributed by atoms with Gasteiger partial charge in [0.05, 0.1) is 10.6 Å². The number of rotatable bonds is 4. The van der Waals surface area contributed by atoms with E-state index in [1.165, 1.54) is 24.4 Å². The Balaban J connectivity index is 1.72. The molecule has 0 spiro atoms. The summed E-state index contributed by atoms with van der Waals surface area (Å²) in [5, 5.41) is 20.9. The molecule has 0 aliphatic heterocycles. The van der Waals surface area contributed by atoms with Gasteiger partial charge < -0.3 is 9.52 Å². The largest absolute Gasteiger partial charge is 0.507 e. The fraction of sp³-hybridized carbons (Fsp3) is 0.0909. The van der Waals surface area contributed by atoms with Crippen LogP contribution in [0, 0.1) is 24.0 Å². The zero-order chi connectivity index (χ0) is 20.5. The molecule has 4 aromatic rings. The Bertz CT molecular complexity index is 1270. The lowest BCUT2D eigenvalue weighted by atomic mass is 10.1. The molecule has 7 heteroatoms. The van der Waals surface area contributed by atoms with Crippen molar-refractivity contribution < 1.29 is 14.4 Å². The van der Waals surface area contributed by atoms with Crippen LogP contribution in [0.3, 0.4) is 0 Å². The number of non-ortho nitro benzene ring substituents is 1. The summed E-state index contributed by atoms with van der Waals surface area (Å²) in [6.07, 6.45) is 1.41. The van der Waals surface area contributed by atoms with Gasteiger partial charge in [0.25, 0.3) is 5.69 Å². The second kappa shape index (κ2) is 7.20. The van der Waals surface area contributed by atoms with Crippen molar-refractivity contribution in [1.29, 1.82) is 0 Å². The summed E-state index contributed by atoms with van der Waals surface area (Å²) in [5.74, 6) is 0.417. The fourth-order valence-corrected chi connectivity index (χ4v) is 3.05. The minimum atomic E-state index is -0.516. The van der Waals surface area contributed by atoms with Gasteiger partial charge in [-0.2, -0.15) is 0 Å². The lowest BCUT2D eigenvalue weighted by Crippen LogP contribution is -1.91. The number of oxazole rings is 1. The summed E-state index contributed by atoms with van der Waals surface area (Å²) in [6.45, 7) is 3.90. The summed E-state index contributed by atoms with van der Waals surface area (Å²) < 4.78 is 5.89. The number of aliphatic imine (C=N–C) groups is 1. The molecule has 0 saturated carbocycles. The van der Waals surface area contributed by atoms with Crippen molar-refractivity contribution >= 4 is 28.7 Å². The Labute approximate surface area is 166 Å². The number of phenols is 1. The number of aryl methyl sites for hydroxylation is 1. The molecule has 0 saturated heterocycles. The van der Waals surface area contributed by atoms with Crippen LogP contribution in [-0.4, -0.2) is 21.2 Å². The number of aromatic nitrogens is 1. The number of nitro benzene ring substituents is 1. The maximum absolute atomic E-state index is 11.0. The van der Waals surface area contributed by atoms with E-state index in [2.05, 4.69) is 9.98 Å². The Kier molecular flexibility index (Phi) is 4.56. The first kappa shape index (κ1) is 18.4. The molecule has 0 bridgehead atoms. The number of aromatic hydroxyl groups is 1. The molecule has 1 aromatic heterocycles. The first-order valence-corrected chi connectivity index (χ1v) is 8.91. The van der Waals surface area contributed by atoms with Gasteiger partial charge in [-0.05, 0) is 55.3 Å². The number of hydrogen-bond donors (Lipinski definition) is 1. The number of phenolic OH excluding ortho intramolecular Hbond substituents is 1. The van der Waals surface area contributed by atoms with Gasteiger partial charge in [0, 0.05) is 29.5 Å². The molecule has 0 atom stereocenters. The zero-order valence-corrected chi connectivity index (χ0v) is 15.8.